The molecule has 4 rings (SSSR count). The monoisotopic (exact) mass is 437 g/mol. The summed E-state index contributed by atoms with van der Waals surface area (Å²) in [7, 11) is 1.43. The molecule has 172 valence electrons. The van der Waals surface area contributed by atoms with Crippen molar-refractivity contribution in [2.75, 3.05) is 18.6 Å². The van der Waals surface area contributed by atoms with E-state index in [1.807, 2.05) is 6.07 Å². The van der Waals surface area contributed by atoms with Gasteiger partial charge in [-0.2, -0.15) is 0 Å². The lowest BCUT2D eigenvalue weighted by atomic mass is 9.80. The number of carbonyl (C=O) groups is 1. The van der Waals surface area contributed by atoms with Crippen LogP contribution in [0.1, 0.15) is 68.9 Å². The van der Waals surface area contributed by atoms with Crippen LogP contribution in [0.4, 0.5) is 5.69 Å². The molecule has 2 aromatic rings. The third-order valence-electron chi connectivity index (χ3n) is 6.91. The Hall–Kier alpha value is -2.69. The minimum Gasteiger partial charge on any atom is -0.507 e. The van der Waals surface area contributed by atoms with E-state index in [9.17, 15) is 9.90 Å². The van der Waals surface area contributed by atoms with Crippen molar-refractivity contribution in [2.24, 2.45) is 0 Å². The minimum absolute atomic E-state index is 0.0193. The molecule has 2 aliphatic heterocycles. The zero-order valence-corrected chi connectivity index (χ0v) is 19.3. The van der Waals surface area contributed by atoms with E-state index in [0.717, 1.165) is 56.3 Å². The summed E-state index contributed by atoms with van der Waals surface area (Å²) in [5.74, 6) is 0.689. The van der Waals surface area contributed by atoms with Crippen molar-refractivity contribution in [1.82, 2.24) is 0 Å². The van der Waals surface area contributed by atoms with Gasteiger partial charge in [-0.05, 0) is 57.4 Å². The molecule has 3 atom stereocenters. The summed E-state index contributed by atoms with van der Waals surface area (Å²) in [5.41, 5.74) is 3.25. The second-order valence-corrected chi connectivity index (χ2v) is 9.24. The van der Waals surface area contributed by atoms with Crippen LogP contribution < -0.4 is 9.64 Å². The second-order valence-electron chi connectivity index (χ2n) is 9.24. The number of carbonyl (C=O) groups excluding carboxylic acids is 1. The summed E-state index contributed by atoms with van der Waals surface area (Å²) in [4.78, 5) is 14.5. The van der Waals surface area contributed by atoms with Gasteiger partial charge in [0.25, 0.3) is 0 Å². The van der Waals surface area contributed by atoms with E-state index >= 15 is 0 Å². The molecular weight excluding hydrogens is 402 g/mol. The minimum atomic E-state index is -0.225. The van der Waals surface area contributed by atoms with Gasteiger partial charge in [0.1, 0.15) is 11.5 Å². The standard InChI is InChI=1S/C27H35NO4/c1-19(9-8-12-20-10-4-3-5-11-20)32-23-17-24-27(25(29)18-23)21(16-26(30)31-2)15-22-13-6-7-14-28(22)24/h3-5,10-11,17-19,21-22,29H,6-9,12-16H2,1-2H3. The molecular formula is C27H35NO4. The molecule has 0 amide bonds. The molecule has 0 spiro atoms. The Kier molecular flexibility index (Phi) is 7.23. The van der Waals surface area contributed by atoms with Gasteiger partial charge < -0.3 is 19.5 Å². The second kappa shape index (κ2) is 10.3. The van der Waals surface area contributed by atoms with Gasteiger partial charge in [0.2, 0.25) is 0 Å². The van der Waals surface area contributed by atoms with Crippen LogP contribution in [-0.2, 0) is 16.0 Å². The number of ether oxygens (including phenoxy) is 2. The van der Waals surface area contributed by atoms with Gasteiger partial charge in [-0.3, -0.25) is 4.79 Å². The van der Waals surface area contributed by atoms with Crippen LogP contribution in [0.5, 0.6) is 11.5 Å². The normalized spacial score (nSPS) is 20.8. The maximum absolute atomic E-state index is 12.0. The molecule has 32 heavy (non-hydrogen) atoms. The van der Waals surface area contributed by atoms with Gasteiger partial charge in [-0.25, -0.2) is 0 Å². The number of fused-ring (bicyclic) bond motifs is 3. The van der Waals surface area contributed by atoms with Crippen molar-refractivity contribution < 1.29 is 19.4 Å². The fraction of sp³-hybridized carbons (Fsp3) is 0.519. The molecule has 1 fully saturated rings. The van der Waals surface area contributed by atoms with Crippen molar-refractivity contribution in [3.05, 3.63) is 53.6 Å². The lowest BCUT2D eigenvalue weighted by molar-refractivity contribution is -0.141. The van der Waals surface area contributed by atoms with Crippen LogP contribution in [-0.4, -0.2) is 36.9 Å². The van der Waals surface area contributed by atoms with Crippen molar-refractivity contribution in [1.29, 1.82) is 0 Å². The van der Waals surface area contributed by atoms with Crippen LogP contribution in [0.2, 0.25) is 0 Å². The largest absolute Gasteiger partial charge is 0.507 e. The Balaban J connectivity index is 1.48. The third kappa shape index (κ3) is 5.20. The van der Waals surface area contributed by atoms with Crippen molar-refractivity contribution in [3.8, 4) is 11.5 Å². The van der Waals surface area contributed by atoms with Gasteiger partial charge >= 0.3 is 5.97 Å². The van der Waals surface area contributed by atoms with Crippen LogP contribution in [0, 0.1) is 0 Å². The predicted octanol–water partition coefficient (Wildman–Crippen LogP) is 5.59. The Labute approximate surface area is 191 Å². The molecule has 1 N–H and O–H groups in total. The third-order valence-corrected chi connectivity index (χ3v) is 6.91. The van der Waals surface area contributed by atoms with Crippen LogP contribution in [0.25, 0.3) is 0 Å². The summed E-state index contributed by atoms with van der Waals surface area (Å²) in [6, 6.07) is 14.7. The highest BCUT2D eigenvalue weighted by atomic mass is 16.5. The van der Waals surface area contributed by atoms with Crippen LogP contribution >= 0.6 is 0 Å². The Morgan fingerprint density at radius 1 is 1.22 bits per heavy atom. The van der Waals surface area contributed by atoms with Gasteiger partial charge in [-0.1, -0.05) is 30.3 Å². The number of phenolic OH excluding ortho intramolecular Hbond substituents is 1. The van der Waals surface area contributed by atoms with E-state index < -0.39 is 0 Å². The first kappa shape index (κ1) is 22.5. The number of phenols is 1. The zero-order valence-electron chi connectivity index (χ0n) is 19.3. The number of benzene rings is 2. The number of rotatable bonds is 8. The lowest BCUT2D eigenvalue weighted by Gasteiger charge is -2.45. The van der Waals surface area contributed by atoms with Crippen molar-refractivity contribution in [2.45, 2.75) is 76.4 Å². The zero-order chi connectivity index (χ0) is 22.5. The number of aryl methyl sites for hydroxylation is 1. The van der Waals surface area contributed by atoms with Gasteiger partial charge in [0, 0.05) is 41.9 Å². The summed E-state index contributed by atoms with van der Waals surface area (Å²) in [6.07, 6.45) is 7.77. The predicted molar refractivity (Wildman–Crippen MR) is 127 cm³/mol. The Morgan fingerprint density at radius 3 is 2.81 bits per heavy atom. The highest BCUT2D eigenvalue weighted by Gasteiger charge is 2.37. The van der Waals surface area contributed by atoms with Gasteiger partial charge in [-0.15, -0.1) is 0 Å². The maximum Gasteiger partial charge on any atom is 0.306 e. The van der Waals surface area contributed by atoms with E-state index in [1.165, 1.54) is 19.1 Å². The molecule has 0 radical (unpaired) electrons. The Bertz CT molecular complexity index is 913. The van der Waals surface area contributed by atoms with Crippen LogP contribution in [0.3, 0.4) is 0 Å². The number of anilines is 1. The summed E-state index contributed by atoms with van der Waals surface area (Å²) >= 11 is 0. The SMILES string of the molecule is COC(=O)CC1CC2CCCCN2c2cc(OC(C)CCCc3ccccc3)cc(O)c21. The van der Waals surface area contributed by atoms with Crippen LogP contribution in [0.15, 0.2) is 42.5 Å². The van der Waals surface area contributed by atoms with Gasteiger partial charge in [0.15, 0.2) is 0 Å². The summed E-state index contributed by atoms with van der Waals surface area (Å²) in [5, 5.41) is 11.0. The molecule has 0 aromatic heterocycles. The number of nitrogens with zero attached hydrogens (tertiary/aromatic N) is 1. The molecule has 0 aliphatic carbocycles. The van der Waals surface area contributed by atoms with E-state index in [4.69, 9.17) is 9.47 Å². The van der Waals surface area contributed by atoms with Crippen molar-refractivity contribution >= 4 is 11.7 Å². The summed E-state index contributed by atoms with van der Waals surface area (Å²) < 4.78 is 11.2. The quantitative estimate of drug-likeness (QED) is 0.546. The first-order chi connectivity index (χ1) is 15.5. The van der Waals surface area contributed by atoms with Crippen molar-refractivity contribution in [3.63, 3.8) is 0 Å². The fourth-order valence-corrected chi connectivity index (χ4v) is 5.33. The Morgan fingerprint density at radius 2 is 2.03 bits per heavy atom. The van der Waals surface area contributed by atoms with E-state index in [1.54, 1.807) is 6.07 Å². The number of hydrogen-bond donors (Lipinski definition) is 1. The number of hydrogen-bond acceptors (Lipinski definition) is 5. The maximum atomic E-state index is 12.0. The molecule has 2 aliphatic rings. The number of piperidine rings is 1. The molecule has 5 heteroatoms. The lowest BCUT2D eigenvalue weighted by Crippen LogP contribution is -2.44. The molecule has 2 heterocycles. The summed E-state index contributed by atoms with van der Waals surface area (Å²) in [6.45, 7) is 3.07. The van der Waals surface area contributed by atoms with Gasteiger partial charge in [0.05, 0.1) is 19.6 Å². The smallest absolute Gasteiger partial charge is 0.306 e. The molecule has 0 bridgehead atoms. The number of esters is 1. The highest BCUT2D eigenvalue weighted by molar-refractivity contribution is 5.74. The highest BCUT2D eigenvalue weighted by Crippen LogP contribution is 2.49. The molecule has 0 saturated carbocycles. The topological polar surface area (TPSA) is 59.0 Å². The first-order valence-electron chi connectivity index (χ1n) is 12.0. The van der Waals surface area contributed by atoms with E-state index in [-0.39, 0.29) is 23.7 Å². The van der Waals surface area contributed by atoms with E-state index in [0.29, 0.717) is 18.2 Å². The first-order valence-corrected chi connectivity index (χ1v) is 12.0. The molecule has 3 unspecified atom stereocenters. The average Bonchev–Trinajstić information content (AvgIpc) is 2.79. The number of methoxy groups -OCH3 is 1. The average molecular weight is 438 g/mol. The molecule has 1 saturated heterocycles. The fourth-order valence-electron chi connectivity index (χ4n) is 5.33. The number of aromatic hydroxyl groups is 1. The van der Waals surface area contributed by atoms with E-state index in [2.05, 4.69) is 42.2 Å². The molecule has 5 nitrogen and oxygen atoms in total. The molecule has 2 aromatic carbocycles.